The molecule has 1 fully saturated rings. The molecule has 1 saturated carbocycles. The van der Waals surface area contributed by atoms with E-state index in [2.05, 4.69) is 20.5 Å². The third-order valence-corrected chi connectivity index (χ3v) is 3.38. The van der Waals surface area contributed by atoms with E-state index in [0.717, 1.165) is 0 Å². The first-order valence-electron chi connectivity index (χ1n) is 5.25. The van der Waals surface area contributed by atoms with Crippen molar-refractivity contribution in [3.63, 3.8) is 0 Å². The number of anilines is 1. The van der Waals surface area contributed by atoms with Gasteiger partial charge in [-0.1, -0.05) is 11.8 Å². The number of nitrogens with one attached hydrogen (secondary N) is 2. The first kappa shape index (κ1) is 11.3. The van der Waals surface area contributed by atoms with Gasteiger partial charge in [0, 0.05) is 6.04 Å². The second-order valence-electron chi connectivity index (χ2n) is 3.99. The number of nitrogens with two attached hydrogens (primary N) is 1. The van der Waals surface area contributed by atoms with Gasteiger partial charge in [-0.3, -0.25) is 4.79 Å². The predicted octanol–water partition coefficient (Wildman–Crippen LogP) is 0.394. The maximum absolute atomic E-state index is 11.5. The number of carbonyl (C=O) groups is 1. The van der Waals surface area contributed by atoms with Crippen molar-refractivity contribution in [1.29, 1.82) is 0 Å². The van der Waals surface area contributed by atoms with Crippen molar-refractivity contribution in [3.05, 3.63) is 0 Å². The molecule has 16 heavy (non-hydrogen) atoms. The van der Waals surface area contributed by atoms with E-state index in [1.807, 2.05) is 6.92 Å². The molecule has 0 unspecified atom stereocenters. The number of nitrogen functional groups attached to an aromatic ring is 1. The average Bonchev–Trinajstić information content (AvgIpc) is 3.00. The van der Waals surface area contributed by atoms with Crippen molar-refractivity contribution in [2.24, 2.45) is 5.92 Å². The standard InChI is InChI=1S/C9H15N5OS/c1-5(6-2-3-6)11-7(15)4-16-9-12-8(10)13-14-9/h5-6H,2-4H2,1H3,(H,11,15)(H3,10,12,13,14)/t5-/m0/s1. The lowest BCUT2D eigenvalue weighted by Gasteiger charge is -2.11. The van der Waals surface area contributed by atoms with Crippen LogP contribution in [0.1, 0.15) is 19.8 Å². The van der Waals surface area contributed by atoms with Crippen molar-refractivity contribution >= 4 is 23.6 Å². The molecule has 0 spiro atoms. The summed E-state index contributed by atoms with van der Waals surface area (Å²) >= 11 is 1.28. The van der Waals surface area contributed by atoms with Gasteiger partial charge in [0.25, 0.3) is 0 Å². The highest BCUT2D eigenvalue weighted by Gasteiger charge is 2.28. The molecule has 0 radical (unpaired) electrons. The summed E-state index contributed by atoms with van der Waals surface area (Å²) in [5, 5.41) is 9.83. The summed E-state index contributed by atoms with van der Waals surface area (Å²) in [6.45, 7) is 2.05. The molecule has 0 saturated heterocycles. The molecule has 0 aliphatic heterocycles. The summed E-state index contributed by atoms with van der Waals surface area (Å²) in [5.41, 5.74) is 5.37. The molecular formula is C9H15N5OS. The zero-order valence-electron chi connectivity index (χ0n) is 9.06. The molecule has 1 aliphatic carbocycles. The van der Waals surface area contributed by atoms with Crippen molar-refractivity contribution in [2.45, 2.75) is 31.0 Å². The lowest BCUT2D eigenvalue weighted by atomic mass is 10.2. The van der Waals surface area contributed by atoms with Gasteiger partial charge in [0.2, 0.25) is 17.0 Å². The number of thioether (sulfide) groups is 1. The molecule has 0 aromatic carbocycles. The van der Waals surface area contributed by atoms with Gasteiger partial charge in [-0.25, -0.2) is 5.10 Å². The zero-order chi connectivity index (χ0) is 11.5. The Morgan fingerprint density at radius 2 is 2.50 bits per heavy atom. The van der Waals surface area contributed by atoms with Crippen molar-refractivity contribution in [2.75, 3.05) is 11.5 Å². The SMILES string of the molecule is C[C@H](NC(=O)CSc1n[nH]c(N)n1)C1CC1. The maximum Gasteiger partial charge on any atom is 0.230 e. The van der Waals surface area contributed by atoms with Crippen LogP contribution >= 0.6 is 11.8 Å². The Kier molecular flexibility index (Phi) is 3.33. The number of hydrogen-bond donors (Lipinski definition) is 3. The minimum atomic E-state index is 0.0211. The Morgan fingerprint density at radius 1 is 1.75 bits per heavy atom. The van der Waals surface area contributed by atoms with Crippen LogP contribution in [0.2, 0.25) is 0 Å². The number of carbonyl (C=O) groups excluding carboxylic acids is 1. The summed E-state index contributed by atoms with van der Waals surface area (Å²) in [7, 11) is 0. The Hall–Kier alpha value is -1.24. The fourth-order valence-electron chi connectivity index (χ4n) is 1.46. The largest absolute Gasteiger partial charge is 0.368 e. The van der Waals surface area contributed by atoms with Crippen molar-refractivity contribution < 1.29 is 4.79 Å². The van der Waals surface area contributed by atoms with Crippen LogP contribution in [0, 0.1) is 5.92 Å². The quantitative estimate of drug-likeness (QED) is 0.648. The molecule has 6 nitrogen and oxygen atoms in total. The zero-order valence-corrected chi connectivity index (χ0v) is 9.88. The first-order chi connectivity index (χ1) is 7.65. The average molecular weight is 241 g/mol. The molecule has 0 bridgehead atoms. The highest BCUT2D eigenvalue weighted by molar-refractivity contribution is 7.99. The van der Waals surface area contributed by atoms with E-state index in [-0.39, 0.29) is 17.9 Å². The fraction of sp³-hybridized carbons (Fsp3) is 0.667. The van der Waals surface area contributed by atoms with Crippen LogP contribution in [0.4, 0.5) is 5.95 Å². The normalized spacial score (nSPS) is 17.1. The monoisotopic (exact) mass is 241 g/mol. The van der Waals surface area contributed by atoms with Gasteiger partial charge >= 0.3 is 0 Å². The van der Waals surface area contributed by atoms with Gasteiger partial charge in [-0.05, 0) is 25.7 Å². The number of H-pyrrole nitrogens is 1. The number of aromatic amines is 1. The van der Waals surface area contributed by atoms with E-state index in [0.29, 0.717) is 16.8 Å². The predicted molar refractivity (Wildman–Crippen MR) is 61.8 cm³/mol. The Morgan fingerprint density at radius 3 is 3.06 bits per heavy atom. The summed E-state index contributed by atoms with van der Waals surface area (Å²) in [6, 6.07) is 0.283. The molecule has 2 rings (SSSR count). The number of hydrogen-bond acceptors (Lipinski definition) is 5. The van der Waals surface area contributed by atoms with Gasteiger partial charge in [0.05, 0.1) is 5.75 Å². The third-order valence-electron chi connectivity index (χ3n) is 2.53. The maximum atomic E-state index is 11.5. The molecule has 88 valence electrons. The number of amides is 1. The van der Waals surface area contributed by atoms with Crippen LogP contribution < -0.4 is 11.1 Å². The highest BCUT2D eigenvalue weighted by atomic mass is 32.2. The Bertz CT molecular complexity index is 376. The highest BCUT2D eigenvalue weighted by Crippen LogP contribution is 2.32. The summed E-state index contributed by atoms with van der Waals surface area (Å²) < 4.78 is 0. The summed E-state index contributed by atoms with van der Waals surface area (Å²) in [4.78, 5) is 15.4. The van der Waals surface area contributed by atoms with E-state index in [1.54, 1.807) is 0 Å². The van der Waals surface area contributed by atoms with Crippen LogP contribution in [-0.4, -0.2) is 32.9 Å². The van der Waals surface area contributed by atoms with Crippen molar-refractivity contribution in [1.82, 2.24) is 20.5 Å². The summed E-state index contributed by atoms with van der Waals surface area (Å²) in [5.74, 6) is 1.30. The second kappa shape index (κ2) is 4.73. The minimum absolute atomic E-state index is 0.0211. The number of rotatable bonds is 5. The van der Waals surface area contributed by atoms with Gasteiger partial charge < -0.3 is 11.1 Å². The van der Waals surface area contributed by atoms with Gasteiger partial charge in [-0.2, -0.15) is 4.98 Å². The molecule has 1 amide bonds. The van der Waals surface area contributed by atoms with E-state index in [1.165, 1.54) is 24.6 Å². The topological polar surface area (TPSA) is 96.7 Å². The smallest absolute Gasteiger partial charge is 0.230 e. The van der Waals surface area contributed by atoms with Crippen LogP contribution in [0.3, 0.4) is 0 Å². The summed E-state index contributed by atoms with van der Waals surface area (Å²) in [6.07, 6.45) is 2.46. The molecule has 4 N–H and O–H groups in total. The second-order valence-corrected chi connectivity index (χ2v) is 4.93. The molecule has 1 aliphatic rings. The van der Waals surface area contributed by atoms with E-state index in [9.17, 15) is 4.79 Å². The Labute approximate surface area is 97.8 Å². The van der Waals surface area contributed by atoms with Crippen LogP contribution in [0.5, 0.6) is 0 Å². The lowest BCUT2D eigenvalue weighted by Crippen LogP contribution is -2.35. The van der Waals surface area contributed by atoms with Gasteiger partial charge in [-0.15, -0.1) is 5.10 Å². The fourth-order valence-corrected chi connectivity index (χ4v) is 2.08. The minimum Gasteiger partial charge on any atom is -0.368 e. The van der Waals surface area contributed by atoms with Gasteiger partial charge in [0.15, 0.2) is 0 Å². The molecule has 1 heterocycles. The first-order valence-corrected chi connectivity index (χ1v) is 6.24. The van der Waals surface area contributed by atoms with Crippen LogP contribution in [0.25, 0.3) is 0 Å². The Balaban J connectivity index is 1.70. The van der Waals surface area contributed by atoms with E-state index >= 15 is 0 Å². The molecule has 1 aromatic rings. The van der Waals surface area contributed by atoms with Crippen molar-refractivity contribution in [3.8, 4) is 0 Å². The van der Waals surface area contributed by atoms with E-state index in [4.69, 9.17) is 5.73 Å². The van der Waals surface area contributed by atoms with E-state index < -0.39 is 0 Å². The number of nitrogens with zero attached hydrogens (tertiary/aromatic N) is 2. The molecular weight excluding hydrogens is 226 g/mol. The van der Waals surface area contributed by atoms with Crippen LogP contribution in [0.15, 0.2) is 5.16 Å². The molecule has 7 heteroatoms. The number of aromatic nitrogens is 3. The van der Waals surface area contributed by atoms with Gasteiger partial charge in [0.1, 0.15) is 0 Å². The lowest BCUT2D eigenvalue weighted by molar-refractivity contribution is -0.119. The third kappa shape index (κ3) is 3.13. The molecule has 1 atom stereocenters. The molecule has 1 aromatic heterocycles. The van der Waals surface area contributed by atoms with Crippen LogP contribution in [-0.2, 0) is 4.79 Å².